The van der Waals surface area contributed by atoms with Gasteiger partial charge in [-0.3, -0.25) is 0 Å². The second kappa shape index (κ2) is 5.16. The monoisotopic (exact) mass is 226 g/mol. The molecule has 4 heteroatoms. The van der Waals surface area contributed by atoms with E-state index in [0.29, 0.717) is 5.76 Å². The molecule has 0 spiro atoms. The molecule has 1 heterocycles. The second-order valence-corrected chi connectivity index (χ2v) is 4.17. The average Bonchev–Trinajstić information content (AvgIpc) is 2.24. The lowest BCUT2D eigenvalue weighted by Crippen LogP contribution is -2.20. The molecule has 0 aliphatic rings. The molecule has 0 radical (unpaired) electrons. The molecular weight excluding hydrogens is 208 g/mol. The Kier molecular flexibility index (Phi) is 4.12. The van der Waals surface area contributed by atoms with E-state index in [-0.39, 0.29) is 23.7 Å². The van der Waals surface area contributed by atoms with Gasteiger partial charge in [-0.05, 0) is 12.8 Å². The van der Waals surface area contributed by atoms with Gasteiger partial charge < -0.3 is 14.6 Å². The van der Waals surface area contributed by atoms with Crippen molar-refractivity contribution in [3.63, 3.8) is 0 Å². The van der Waals surface area contributed by atoms with Crippen LogP contribution in [0.5, 0.6) is 5.75 Å². The van der Waals surface area contributed by atoms with Crippen LogP contribution in [0.15, 0.2) is 15.3 Å². The molecule has 1 aromatic heterocycles. The van der Waals surface area contributed by atoms with Crippen LogP contribution < -0.4 is 5.63 Å². The van der Waals surface area contributed by atoms with Crippen molar-refractivity contribution >= 4 is 0 Å². The Bertz CT molecular complexity index is 408. The molecule has 0 saturated carbocycles. The molecule has 4 nitrogen and oxygen atoms in total. The highest BCUT2D eigenvalue weighted by atomic mass is 16.4. The summed E-state index contributed by atoms with van der Waals surface area (Å²) in [6.07, 6.45) is 0.539. The van der Waals surface area contributed by atoms with Crippen LogP contribution in [0.4, 0.5) is 0 Å². The Balaban J connectivity index is 2.87. The van der Waals surface area contributed by atoms with E-state index >= 15 is 0 Å². The number of rotatable bonds is 4. The standard InChI is InChI=1S/C12H18O4/c1-4-7(2)10(13)5-9-6-11(14)8(3)12(15)16-9/h6-7,10,13-14H,4-5H2,1-3H3/t7?,10-/m1/s1. The zero-order valence-corrected chi connectivity index (χ0v) is 9.86. The summed E-state index contributed by atoms with van der Waals surface area (Å²) in [6.45, 7) is 5.41. The van der Waals surface area contributed by atoms with Crippen LogP contribution in [0, 0.1) is 12.8 Å². The van der Waals surface area contributed by atoms with Gasteiger partial charge in [-0.25, -0.2) is 4.79 Å². The van der Waals surface area contributed by atoms with Crippen molar-refractivity contribution in [2.75, 3.05) is 0 Å². The molecule has 1 rings (SSSR count). The van der Waals surface area contributed by atoms with E-state index < -0.39 is 11.7 Å². The van der Waals surface area contributed by atoms with E-state index in [2.05, 4.69) is 0 Å². The van der Waals surface area contributed by atoms with Crippen LogP contribution >= 0.6 is 0 Å². The topological polar surface area (TPSA) is 70.7 Å². The average molecular weight is 226 g/mol. The Morgan fingerprint density at radius 2 is 2.12 bits per heavy atom. The first-order valence-corrected chi connectivity index (χ1v) is 5.46. The summed E-state index contributed by atoms with van der Waals surface area (Å²) in [5.41, 5.74) is -0.354. The summed E-state index contributed by atoms with van der Waals surface area (Å²) >= 11 is 0. The largest absolute Gasteiger partial charge is 0.507 e. The van der Waals surface area contributed by atoms with Crippen LogP contribution in [0.1, 0.15) is 31.6 Å². The zero-order valence-electron chi connectivity index (χ0n) is 9.86. The van der Waals surface area contributed by atoms with Gasteiger partial charge in [-0.15, -0.1) is 0 Å². The van der Waals surface area contributed by atoms with E-state index in [1.54, 1.807) is 0 Å². The van der Waals surface area contributed by atoms with Crippen LogP contribution in [0.3, 0.4) is 0 Å². The first-order chi connectivity index (χ1) is 7.45. The predicted molar refractivity (Wildman–Crippen MR) is 60.5 cm³/mol. The van der Waals surface area contributed by atoms with Crippen molar-refractivity contribution in [2.45, 2.75) is 39.7 Å². The molecular formula is C12H18O4. The molecule has 0 amide bonds. The van der Waals surface area contributed by atoms with E-state index in [1.165, 1.54) is 13.0 Å². The molecule has 0 saturated heterocycles. The highest BCUT2D eigenvalue weighted by Crippen LogP contribution is 2.17. The molecule has 0 fully saturated rings. The maximum absolute atomic E-state index is 11.3. The quantitative estimate of drug-likeness (QED) is 0.818. The summed E-state index contributed by atoms with van der Waals surface area (Å²) in [4.78, 5) is 11.3. The van der Waals surface area contributed by atoms with Gasteiger partial charge in [-0.1, -0.05) is 20.3 Å². The molecule has 1 aromatic rings. The van der Waals surface area contributed by atoms with Gasteiger partial charge in [0, 0.05) is 12.5 Å². The van der Waals surface area contributed by atoms with Crippen molar-refractivity contribution < 1.29 is 14.6 Å². The van der Waals surface area contributed by atoms with Crippen molar-refractivity contribution in [3.05, 3.63) is 27.8 Å². The van der Waals surface area contributed by atoms with Crippen LogP contribution in [0.2, 0.25) is 0 Å². The van der Waals surface area contributed by atoms with Crippen molar-refractivity contribution in [1.82, 2.24) is 0 Å². The highest BCUT2D eigenvalue weighted by molar-refractivity contribution is 5.28. The molecule has 1 unspecified atom stereocenters. The fraction of sp³-hybridized carbons (Fsp3) is 0.583. The van der Waals surface area contributed by atoms with Gasteiger partial charge in [0.2, 0.25) is 0 Å². The summed E-state index contributed by atoms with van der Waals surface area (Å²) in [5, 5.41) is 19.2. The third-order valence-corrected chi connectivity index (χ3v) is 2.92. The Hall–Kier alpha value is -1.29. The van der Waals surface area contributed by atoms with Crippen LogP contribution in [-0.2, 0) is 6.42 Å². The van der Waals surface area contributed by atoms with Crippen LogP contribution in [-0.4, -0.2) is 16.3 Å². The van der Waals surface area contributed by atoms with Gasteiger partial charge in [-0.2, -0.15) is 0 Å². The van der Waals surface area contributed by atoms with Crippen molar-refractivity contribution in [3.8, 4) is 5.75 Å². The number of aliphatic hydroxyl groups is 1. The second-order valence-electron chi connectivity index (χ2n) is 4.17. The minimum absolute atomic E-state index is 0.0809. The summed E-state index contributed by atoms with van der Waals surface area (Å²) in [6, 6.07) is 1.39. The number of hydrogen-bond donors (Lipinski definition) is 2. The molecule has 16 heavy (non-hydrogen) atoms. The van der Waals surface area contributed by atoms with Gasteiger partial charge in [0.25, 0.3) is 0 Å². The number of aliphatic hydroxyl groups excluding tert-OH is 1. The first kappa shape index (κ1) is 12.8. The molecule has 2 atom stereocenters. The zero-order chi connectivity index (χ0) is 12.3. The predicted octanol–water partition coefficient (Wildman–Crippen LogP) is 1.60. The van der Waals surface area contributed by atoms with E-state index in [0.717, 1.165) is 6.42 Å². The lowest BCUT2D eigenvalue weighted by Gasteiger charge is -2.16. The molecule has 0 aliphatic heterocycles. The SMILES string of the molecule is CCC(C)[C@H](O)Cc1cc(O)c(C)c(=O)o1. The normalized spacial score (nSPS) is 14.8. The number of hydrogen-bond acceptors (Lipinski definition) is 4. The van der Waals surface area contributed by atoms with Gasteiger partial charge in [0.05, 0.1) is 11.7 Å². The minimum atomic E-state index is -0.560. The third kappa shape index (κ3) is 2.85. The molecule has 2 N–H and O–H groups in total. The Labute approximate surface area is 94.5 Å². The summed E-state index contributed by atoms with van der Waals surface area (Å²) in [7, 11) is 0. The molecule has 0 aromatic carbocycles. The minimum Gasteiger partial charge on any atom is -0.507 e. The summed E-state index contributed by atoms with van der Waals surface area (Å²) < 4.78 is 4.98. The molecule has 0 aliphatic carbocycles. The maximum atomic E-state index is 11.3. The maximum Gasteiger partial charge on any atom is 0.342 e. The summed E-state index contributed by atoms with van der Waals surface area (Å²) in [5.74, 6) is 0.372. The lowest BCUT2D eigenvalue weighted by molar-refractivity contribution is 0.108. The third-order valence-electron chi connectivity index (χ3n) is 2.92. The van der Waals surface area contributed by atoms with Gasteiger partial charge in [0.1, 0.15) is 11.5 Å². The van der Waals surface area contributed by atoms with Crippen LogP contribution in [0.25, 0.3) is 0 Å². The first-order valence-electron chi connectivity index (χ1n) is 5.46. The lowest BCUT2D eigenvalue weighted by atomic mass is 9.98. The van der Waals surface area contributed by atoms with E-state index in [1.807, 2.05) is 13.8 Å². The highest BCUT2D eigenvalue weighted by Gasteiger charge is 2.16. The Morgan fingerprint density at radius 3 is 2.62 bits per heavy atom. The number of aromatic hydroxyl groups is 1. The smallest absolute Gasteiger partial charge is 0.342 e. The van der Waals surface area contributed by atoms with E-state index in [4.69, 9.17) is 4.42 Å². The van der Waals surface area contributed by atoms with Gasteiger partial charge >= 0.3 is 5.63 Å². The fourth-order valence-corrected chi connectivity index (χ4v) is 1.37. The van der Waals surface area contributed by atoms with Gasteiger partial charge in [0.15, 0.2) is 0 Å². The molecule has 90 valence electrons. The fourth-order valence-electron chi connectivity index (χ4n) is 1.37. The van der Waals surface area contributed by atoms with Crippen molar-refractivity contribution in [2.24, 2.45) is 5.92 Å². The molecule has 0 bridgehead atoms. The van der Waals surface area contributed by atoms with E-state index in [9.17, 15) is 15.0 Å². The van der Waals surface area contributed by atoms with Crippen molar-refractivity contribution in [1.29, 1.82) is 0 Å². The Morgan fingerprint density at radius 1 is 1.50 bits per heavy atom.